The van der Waals surface area contributed by atoms with Crippen LogP contribution in [0.2, 0.25) is 5.15 Å². The molecule has 2 atom stereocenters. The highest BCUT2D eigenvalue weighted by molar-refractivity contribution is 7.93. The molecule has 0 fully saturated rings. The minimum absolute atomic E-state index is 0.00224. The average Bonchev–Trinajstić information content (AvgIpc) is 3.20. The van der Waals surface area contributed by atoms with Crippen molar-refractivity contribution in [3.05, 3.63) is 29.5 Å². The van der Waals surface area contributed by atoms with E-state index >= 15 is 0 Å². The van der Waals surface area contributed by atoms with E-state index < -0.39 is 45.5 Å². The number of aromatic nitrogens is 2. The number of rotatable bonds is 8. The molecule has 222 valence electrons. The summed E-state index contributed by atoms with van der Waals surface area (Å²) >= 11 is 6.21. The number of ketones is 1. The zero-order valence-electron chi connectivity index (χ0n) is 23.1. The number of nitrogens with one attached hydrogen (secondary N) is 1. The maximum atomic E-state index is 14.0. The second-order valence-electron chi connectivity index (χ2n) is 10.7. The van der Waals surface area contributed by atoms with Crippen molar-refractivity contribution in [3.8, 4) is 5.75 Å². The van der Waals surface area contributed by atoms with E-state index in [1.54, 1.807) is 27.7 Å². The van der Waals surface area contributed by atoms with Gasteiger partial charge >= 0.3 is 12.3 Å². The normalized spacial score (nSPS) is 18.1. The minimum Gasteiger partial charge on any atom is -0.486 e. The maximum Gasteiger partial charge on any atom is 0.427 e. The largest absolute Gasteiger partial charge is 0.486 e. The van der Waals surface area contributed by atoms with E-state index in [0.717, 1.165) is 4.31 Å². The first kappa shape index (κ1) is 31.5. The summed E-state index contributed by atoms with van der Waals surface area (Å²) in [5, 5.41) is 5.97. The Balaban J connectivity index is 2.08. The minimum atomic E-state index is -4.82. The lowest BCUT2D eigenvalue weighted by Crippen LogP contribution is -2.52. The number of anilines is 2. The fourth-order valence-electron chi connectivity index (χ4n) is 3.96. The van der Waals surface area contributed by atoms with Crippen LogP contribution in [0.1, 0.15) is 54.9 Å². The van der Waals surface area contributed by atoms with Crippen molar-refractivity contribution < 1.29 is 40.7 Å². The van der Waals surface area contributed by atoms with Crippen LogP contribution in [0.5, 0.6) is 5.75 Å². The third kappa shape index (κ3) is 6.17. The molecule has 2 aromatic rings. The number of sulfonamides is 1. The summed E-state index contributed by atoms with van der Waals surface area (Å²) in [5.74, 6) is -0.00446. The van der Waals surface area contributed by atoms with Crippen LogP contribution in [0, 0.1) is 5.41 Å². The molecule has 3 rings (SSSR count). The number of carbonyl (C=O) groups is 2. The fourth-order valence-corrected chi connectivity index (χ4v) is 6.09. The number of amides is 1. The molecule has 0 aliphatic carbocycles. The molecule has 0 saturated carbocycles. The Morgan fingerprint density at radius 1 is 1.20 bits per heavy atom. The van der Waals surface area contributed by atoms with Crippen LogP contribution >= 0.6 is 11.6 Å². The third-order valence-corrected chi connectivity index (χ3v) is 9.16. The van der Waals surface area contributed by atoms with Gasteiger partial charge in [-0.15, -0.1) is 0 Å². The smallest absolute Gasteiger partial charge is 0.427 e. The molecule has 1 aliphatic heterocycles. The lowest BCUT2D eigenvalue weighted by atomic mass is 9.81. The van der Waals surface area contributed by atoms with Gasteiger partial charge in [-0.25, -0.2) is 13.2 Å². The Morgan fingerprint density at radius 2 is 1.82 bits per heavy atom. The summed E-state index contributed by atoms with van der Waals surface area (Å²) in [5.41, 5.74) is -3.66. The Hall–Kier alpha value is -3.00. The molecular weight excluding hydrogens is 577 g/mol. The maximum absolute atomic E-state index is 14.0. The van der Waals surface area contributed by atoms with E-state index in [-0.39, 0.29) is 39.4 Å². The first-order valence-corrected chi connectivity index (χ1v) is 14.2. The van der Waals surface area contributed by atoms with Crippen molar-refractivity contribution >= 4 is 44.9 Å². The monoisotopic (exact) mass is 608 g/mol. The van der Waals surface area contributed by atoms with Gasteiger partial charge < -0.3 is 9.47 Å². The Morgan fingerprint density at radius 3 is 2.35 bits per heavy atom. The van der Waals surface area contributed by atoms with Gasteiger partial charge in [0.05, 0.1) is 11.7 Å². The molecule has 0 radical (unpaired) electrons. The quantitative estimate of drug-likeness (QED) is 0.402. The molecule has 0 spiro atoms. The number of carbonyl (C=O) groups excluding carboxylic acids is 2. The topological polar surface area (TPSA) is 120 Å². The van der Waals surface area contributed by atoms with Crippen molar-refractivity contribution in [2.75, 3.05) is 9.62 Å². The van der Waals surface area contributed by atoms with Gasteiger partial charge in [-0.1, -0.05) is 25.4 Å². The number of alkyl halides is 3. The summed E-state index contributed by atoms with van der Waals surface area (Å²) in [6.07, 6.45) is -5.52. The van der Waals surface area contributed by atoms with Crippen LogP contribution in [0.25, 0.3) is 0 Å². The Kier molecular flexibility index (Phi) is 8.49. The van der Waals surface area contributed by atoms with Gasteiger partial charge in [0.1, 0.15) is 22.5 Å². The number of aryl methyl sites for hydroxylation is 1. The van der Waals surface area contributed by atoms with Crippen LogP contribution in [-0.2, 0) is 26.1 Å². The lowest BCUT2D eigenvalue weighted by Gasteiger charge is -2.42. The zero-order valence-corrected chi connectivity index (χ0v) is 24.7. The Labute approximate surface area is 235 Å². The van der Waals surface area contributed by atoms with E-state index in [0.29, 0.717) is 20.4 Å². The van der Waals surface area contributed by atoms with Gasteiger partial charge in [-0.2, -0.15) is 18.3 Å². The number of Topliss-reactive ketones (excluding diaryl/α,β-unsaturated/α-hetero) is 1. The number of hydrogen-bond acceptors (Lipinski definition) is 7. The molecule has 1 N–H and O–H groups in total. The van der Waals surface area contributed by atoms with Gasteiger partial charge in [0.15, 0.2) is 5.15 Å². The second-order valence-corrected chi connectivity index (χ2v) is 12.8. The molecule has 1 amide bonds. The zero-order chi connectivity index (χ0) is 30.4. The number of fused-ring (bicyclic) bond motifs is 1. The first-order chi connectivity index (χ1) is 18.2. The van der Waals surface area contributed by atoms with Crippen molar-refractivity contribution in [3.63, 3.8) is 0 Å². The fraction of sp³-hybridized carbons (Fsp3) is 0.560. The van der Waals surface area contributed by atoms with Gasteiger partial charge in [0, 0.05) is 23.8 Å². The number of hydrogen-bond donors (Lipinski definition) is 1. The molecule has 1 aliphatic rings. The highest BCUT2D eigenvalue weighted by Gasteiger charge is 2.51. The van der Waals surface area contributed by atoms with Gasteiger partial charge in [0.25, 0.3) is 10.0 Å². The highest BCUT2D eigenvalue weighted by atomic mass is 35.5. The van der Waals surface area contributed by atoms with Crippen molar-refractivity contribution in [2.45, 2.75) is 90.3 Å². The molecule has 1 aromatic heterocycles. The SMILES string of the molecule is CCn1cc(S(=O)(=O)N2c3cc(NC(=O)OC(C)(C)C(F)(F)F)ccc3O[C@@H](CC(C)(C)C(C)=O)[C@H]2C)c(Cl)n1. The molecule has 15 heteroatoms. The molecule has 0 saturated heterocycles. The number of benzene rings is 1. The molecule has 0 unspecified atom stereocenters. The highest BCUT2D eigenvalue weighted by Crippen LogP contribution is 2.44. The predicted octanol–water partition coefficient (Wildman–Crippen LogP) is 5.80. The predicted molar refractivity (Wildman–Crippen MR) is 142 cm³/mol. The molecular formula is C25H32ClF3N4O6S. The van der Waals surface area contributed by atoms with E-state index in [1.165, 1.54) is 36.0 Å². The van der Waals surface area contributed by atoms with Crippen LogP contribution in [0.3, 0.4) is 0 Å². The standard InChI is InChI=1S/C25H32ClF3N4O6S/c1-8-32-13-20(21(26)31-32)40(36,37)33-14(2)19(12-23(4,5)15(3)34)38-18-10-9-16(11-17(18)33)30-22(35)39-24(6,7)25(27,28)29/h9-11,13-14,19H,8,12H2,1-7H3,(H,30,35)/t14-,19+/m1/s1. The van der Waals surface area contributed by atoms with E-state index in [4.69, 9.17) is 16.3 Å². The van der Waals surface area contributed by atoms with Gasteiger partial charge in [-0.05, 0) is 59.2 Å². The lowest BCUT2D eigenvalue weighted by molar-refractivity contribution is -0.242. The van der Waals surface area contributed by atoms with Crippen LogP contribution < -0.4 is 14.4 Å². The summed E-state index contributed by atoms with van der Waals surface area (Å²) in [7, 11) is -4.39. The van der Waals surface area contributed by atoms with Crippen molar-refractivity contribution in [1.82, 2.24) is 9.78 Å². The Bertz CT molecular complexity index is 1410. The molecule has 2 heterocycles. The summed E-state index contributed by atoms with van der Waals surface area (Å²) in [6, 6.07) is 3.08. The average molecular weight is 609 g/mol. The van der Waals surface area contributed by atoms with E-state index in [2.05, 4.69) is 15.2 Å². The second kappa shape index (κ2) is 10.8. The summed E-state index contributed by atoms with van der Waals surface area (Å²) in [6.45, 7) is 9.99. The van der Waals surface area contributed by atoms with Crippen LogP contribution in [0.15, 0.2) is 29.3 Å². The summed E-state index contributed by atoms with van der Waals surface area (Å²) in [4.78, 5) is 24.3. The van der Waals surface area contributed by atoms with Gasteiger partial charge in [0.2, 0.25) is 5.60 Å². The van der Waals surface area contributed by atoms with Gasteiger partial charge in [-0.3, -0.25) is 19.1 Å². The van der Waals surface area contributed by atoms with Crippen LogP contribution in [-0.4, -0.2) is 54.0 Å². The third-order valence-electron chi connectivity index (χ3n) is 6.87. The van der Waals surface area contributed by atoms with Crippen LogP contribution in [0.4, 0.5) is 29.3 Å². The number of halogens is 4. The molecule has 10 nitrogen and oxygen atoms in total. The van der Waals surface area contributed by atoms with E-state index in [9.17, 15) is 31.2 Å². The molecule has 0 bridgehead atoms. The van der Waals surface area contributed by atoms with E-state index in [1.807, 2.05) is 0 Å². The summed E-state index contributed by atoms with van der Waals surface area (Å²) < 4.78 is 80.7. The molecule has 1 aromatic carbocycles. The first-order valence-electron chi connectivity index (χ1n) is 12.4. The van der Waals surface area contributed by atoms with Crippen molar-refractivity contribution in [1.29, 1.82) is 0 Å². The number of ether oxygens (including phenoxy) is 2. The van der Waals surface area contributed by atoms with Crippen molar-refractivity contribution in [2.24, 2.45) is 5.41 Å². The number of nitrogens with zero attached hydrogens (tertiary/aromatic N) is 3. The molecule has 40 heavy (non-hydrogen) atoms.